The summed E-state index contributed by atoms with van der Waals surface area (Å²) in [5.74, 6) is 0. The van der Waals surface area contributed by atoms with Crippen LogP contribution in [0.4, 0.5) is 0 Å². The molecule has 0 aromatic rings. The Balaban J connectivity index is 0.739. The smallest absolute Gasteiger partial charge is 0.186 e. The van der Waals surface area contributed by atoms with Crippen LogP contribution in [-0.2, 0) is 80.5 Å². The molecule has 100 heavy (non-hydrogen) atoms. The lowest BCUT2D eigenvalue weighted by molar-refractivity contribution is -0.355. The molecule has 584 valence electrons. The average molecular weight is 1480 g/mol. The molecule has 0 saturated carbocycles. The predicted octanol–water partition coefficient (Wildman–Crippen LogP) is -20.6. The van der Waals surface area contributed by atoms with E-state index < -0.39 is 336 Å². The average Bonchev–Trinajstić information content (AvgIpc) is 0.804. The summed E-state index contributed by atoms with van der Waals surface area (Å²) in [6.07, 6.45) is -85.5. The van der Waals surface area contributed by atoms with Crippen LogP contribution in [0.1, 0.15) is 0 Å². The lowest BCUT2D eigenvalue weighted by atomic mass is 9.97. The zero-order chi connectivity index (χ0) is 73.4. The van der Waals surface area contributed by atoms with E-state index in [-0.39, 0.29) is 0 Å². The molecule has 0 bridgehead atoms. The molecule has 45 atom stereocenters. The molecular weight excluding hydrogens is 1380 g/mol. The maximum atomic E-state index is 10.9. The maximum Gasteiger partial charge on any atom is 0.186 e. The van der Waals surface area contributed by atoms with Crippen LogP contribution in [0.5, 0.6) is 0 Å². The van der Waals surface area contributed by atoms with Crippen molar-refractivity contribution in [3.05, 3.63) is 0 Å². The van der Waals surface area contributed by atoms with Gasteiger partial charge in [-0.3, -0.25) is 0 Å². The number of hydrogen-bond acceptors (Lipinski definition) is 46. The highest BCUT2D eigenvalue weighted by molar-refractivity contribution is 4.99. The minimum atomic E-state index is -2.12. The van der Waals surface area contributed by atoms with Crippen molar-refractivity contribution in [2.24, 2.45) is 0 Å². The van der Waals surface area contributed by atoms with Crippen molar-refractivity contribution in [2.45, 2.75) is 276 Å². The summed E-state index contributed by atoms with van der Waals surface area (Å²) in [6.45, 7) is -7.47. The lowest BCUT2D eigenvalue weighted by Gasteiger charge is -2.45. The minimum absolute atomic E-state index is 0.730. The number of rotatable bonds is 25. The molecule has 46 nitrogen and oxygen atoms in total. The van der Waals surface area contributed by atoms with E-state index in [2.05, 4.69) is 0 Å². The van der Waals surface area contributed by atoms with Crippen molar-refractivity contribution in [3.8, 4) is 0 Å². The van der Waals surface area contributed by atoms with Gasteiger partial charge < -0.3 is 229 Å². The Hall–Kier alpha value is -1.84. The van der Waals surface area contributed by atoms with Crippen LogP contribution in [0.2, 0.25) is 0 Å². The molecule has 9 heterocycles. The first kappa shape index (κ1) is 82.2. The molecule has 9 saturated heterocycles. The minimum Gasteiger partial charge on any atom is -0.394 e. The van der Waals surface area contributed by atoms with Gasteiger partial charge in [0.1, 0.15) is 220 Å². The molecule has 0 aromatic carbocycles. The highest BCUT2D eigenvalue weighted by Gasteiger charge is 2.55. The molecule has 0 amide bonds. The van der Waals surface area contributed by atoms with Crippen LogP contribution in [0.3, 0.4) is 0 Å². The summed E-state index contributed by atoms with van der Waals surface area (Å²) in [6, 6.07) is 0. The van der Waals surface area contributed by atoms with Gasteiger partial charge in [0, 0.05) is 0 Å². The molecule has 0 aliphatic carbocycles. The SMILES string of the molecule is OC[C@H]1O[C@@H](OC[C@H]2O[C@@H](OC[C@H]3O[C@@H](OC[C@H]4O[C@@H](OC[C@H]5O[C@@H](OC[C@H]6O[C@@H](OC[C@H]7O[C@@H](OC[C@H]8O[C@@H](OC[C@H]9O[C@@H](O)[C@H](O)[C@@H](O)[C@@H]9O)[C@H](O)[C@@H](O)[C@@H]8O)[C@H](O)[C@@H](O)[C@@H]7O)[C@H](O)[C@@H](O)[C@@H]6O)[C@H](O)[C@@H](O)[C@@H]5O)[C@H](O)[C@@H](O)[C@@H]4O)[C@H](O)[C@@H](O)[C@@H]3O)[C@H](O)[C@@H](O)[C@@H]2O)[C@H](O)[C@@H](O)[C@@H]1O. The molecule has 9 fully saturated rings. The highest BCUT2D eigenvalue weighted by Crippen LogP contribution is 2.34. The van der Waals surface area contributed by atoms with E-state index in [1.54, 1.807) is 0 Å². The number of hydrogen-bond donors (Lipinski definition) is 29. The van der Waals surface area contributed by atoms with E-state index in [0.29, 0.717) is 0 Å². The molecule has 0 unspecified atom stereocenters. The zero-order valence-corrected chi connectivity index (χ0v) is 52.3. The molecule has 0 spiro atoms. The normalized spacial score (nSPS) is 53.7. The third-order valence-corrected chi connectivity index (χ3v) is 18.6. The Morgan fingerprint density at radius 1 is 0.150 bits per heavy atom. The molecule has 9 aliphatic rings. The fraction of sp³-hybridized carbons (Fsp3) is 1.00. The van der Waals surface area contributed by atoms with Gasteiger partial charge in [-0.05, 0) is 0 Å². The Kier molecular flexibility index (Phi) is 29.2. The Morgan fingerprint density at radius 2 is 0.280 bits per heavy atom. The highest BCUT2D eigenvalue weighted by atomic mass is 16.8. The monoisotopic (exact) mass is 1480 g/mol. The van der Waals surface area contributed by atoms with Crippen molar-refractivity contribution >= 4 is 0 Å². The van der Waals surface area contributed by atoms with Crippen molar-refractivity contribution in [1.82, 2.24) is 0 Å². The van der Waals surface area contributed by atoms with E-state index in [0.717, 1.165) is 0 Å². The molecule has 0 radical (unpaired) electrons. The van der Waals surface area contributed by atoms with E-state index in [1.807, 2.05) is 0 Å². The topological polar surface area (TPSA) is 744 Å². The van der Waals surface area contributed by atoms with Gasteiger partial charge in [-0.1, -0.05) is 0 Å². The first-order chi connectivity index (χ1) is 47.2. The summed E-state index contributed by atoms with van der Waals surface area (Å²) in [4.78, 5) is 0. The van der Waals surface area contributed by atoms with Crippen LogP contribution in [0.25, 0.3) is 0 Å². The van der Waals surface area contributed by atoms with Crippen LogP contribution < -0.4 is 0 Å². The van der Waals surface area contributed by atoms with E-state index in [9.17, 15) is 148 Å². The van der Waals surface area contributed by atoms with Crippen molar-refractivity contribution in [3.63, 3.8) is 0 Å². The second-order valence-electron chi connectivity index (χ2n) is 25.5. The van der Waals surface area contributed by atoms with Crippen LogP contribution in [0.15, 0.2) is 0 Å². The van der Waals surface area contributed by atoms with Crippen LogP contribution >= 0.6 is 0 Å². The largest absolute Gasteiger partial charge is 0.394 e. The first-order valence-corrected chi connectivity index (χ1v) is 31.7. The number of aliphatic hydroxyl groups is 29. The number of aliphatic hydroxyl groups excluding tert-OH is 29. The molecule has 9 aliphatic heterocycles. The van der Waals surface area contributed by atoms with Gasteiger partial charge in [-0.15, -0.1) is 0 Å². The van der Waals surface area contributed by atoms with Crippen molar-refractivity contribution < 1.29 is 229 Å². The third-order valence-electron chi connectivity index (χ3n) is 18.6. The second kappa shape index (κ2) is 35.5. The first-order valence-electron chi connectivity index (χ1n) is 31.7. The summed E-state index contributed by atoms with van der Waals surface area (Å²) >= 11 is 0. The van der Waals surface area contributed by atoms with Gasteiger partial charge in [0.2, 0.25) is 0 Å². The van der Waals surface area contributed by atoms with Crippen LogP contribution in [0, 0.1) is 0 Å². The standard InChI is InChI=1S/C54H92O46/c55-1-10-19(56)29(66)38(75)47(93-10)85-3-12-21(58)31(68)40(77)49(95-12)87-5-14-23(60)33(70)42(79)51(97-14)89-7-16-25(62)35(72)44(81)53(99-16)91-9-18-27(64)36(73)45(82)54(100-18)90-8-17-26(63)34(71)43(80)52(98-17)88-6-15-24(61)32(69)41(78)50(96-15)86-4-13-22(59)30(67)39(76)48(94-13)84-2-11-20(57)28(65)37(74)46(83)92-11/h10-83H,1-9H2/t10-,11-,12-,13-,14-,15-,16-,17-,18-,19-,20-,21-,22-,23-,24-,25-,26-,27-,28+,29+,30+,31+,32+,33+,34+,35+,36+,37-,38-,39-,40-,41-,42-,43-,44-,45-,46-,47-,48-,49-,50-,51-,52-,53-,54-/m1/s1. The van der Waals surface area contributed by atoms with Crippen molar-refractivity contribution in [1.29, 1.82) is 0 Å². The zero-order valence-electron chi connectivity index (χ0n) is 52.3. The lowest BCUT2D eigenvalue weighted by Crippen LogP contribution is -2.63. The fourth-order valence-corrected chi connectivity index (χ4v) is 12.1. The van der Waals surface area contributed by atoms with Gasteiger partial charge in [0.15, 0.2) is 56.6 Å². The fourth-order valence-electron chi connectivity index (χ4n) is 12.1. The molecule has 46 heteroatoms. The van der Waals surface area contributed by atoms with Crippen molar-refractivity contribution in [2.75, 3.05) is 59.5 Å². The third kappa shape index (κ3) is 18.0. The maximum absolute atomic E-state index is 10.9. The second-order valence-corrected chi connectivity index (χ2v) is 25.5. The Morgan fingerprint density at radius 3 is 0.440 bits per heavy atom. The Bertz CT molecular complexity index is 2460. The quantitative estimate of drug-likeness (QED) is 0.0404. The number of ether oxygens (including phenoxy) is 17. The van der Waals surface area contributed by atoms with E-state index in [1.165, 1.54) is 0 Å². The summed E-state index contributed by atoms with van der Waals surface area (Å²) in [7, 11) is 0. The van der Waals surface area contributed by atoms with Gasteiger partial charge in [0.05, 0.1) is 59.5 Å². The summed E-state index contributed by atoms with van der Waals surface area (Å²) in [5.41, 5.74) is 0. The predicted molar refractivity (Wildman–Crippen MR) is 297 cm³/mol. The summed E-state index contributed by atoms with van der Waals surface area (Å²) < 4.78 is 93.7. The van der Waals surface area contributed by atoms with Gasteiger partial charge in [0.25, 0.3) is 0 Å². The summed E-state index contributed by atoms with van der Waals surface area (Å²) in [5, 5.41) is 306. The molecule has 0 aromatic heterocycles. The van der Waals surface area contributed by atoms with Gasteiger partial charge >= 0.3 is 0 Å². The molecule has 29 N–H and O–H groups in total. The van der Waals surface area contributed by atoms with Crippen LogP contribution in [-0.4, -0.2) is 484 Å². The van der Waals surface area contributed by atoms with E-state index >= 15 is 0 Å². The van der Waals surface area contributed by atoms with Gasteiger partial charge in [-0.2, -0.15) is 0 Å². The van der Waals surface area contributed by atoms with Gasteiger partial charge in [-0.25, -0.2) is 0 Å². The van der Waals surface area contributed by atoms with E-state index in [4.69, 9.17) is 80.5 Å². The Labute approximate surface area is 563 Å². The molecular formula is C54H92O46. The molecule has 9 rings (SSSR count).